The lowest BCUT2D eigenvalue weighted by atomic mass is 10.2. The molecular weight excluding hydrogens is 418 g/mol. The molecule has 0 aromatic carbocycles. The summed E-state index contributed by atoms with van der Waals surface area (Å²) in [4.78, 5) is 34.7. The zero-order chi connectivity index (χ0) is 22.6. The summed E-state index contributed by atoms with van der Waals surface area (Å²) in [6.07, 6.45) is 10.1. The van der Waals surface area contributed by atoms with Crippen LogP contribution in [-0.2, 0) is 0 Å². The normalized spacial score (nSPS) is 16.0. The molecule has 1 N–H and O–H groups in total. The number of hydrogen-bond acceptors (Lipinski definition) is 8. The topological polar surface area (TPSA) is 105 Å². The first-order valence-corrected chi connectivity index (χ1v) is 10.7. The molecule has 0 radical (unpaired) electrons. The maximum atomic E-state index is 12.6. The van der Waals surface area contributed by atoms with Gasteiger partial charge < -0.3 is 15.1 Å². The van der Waals surface area contributed by atoms with Gasteiger partial charge in [-0.15, -0.1) is 0 Å². The zero-order valence-electron chi connectivity index (χ0n) is 18.1. The second-order valence-corrected chi connectivity index (χ2v) is 7.76. The maximum absolute atomic E-state index is 12.6. The molecule has 33 heavy (non-hydrogen) atoms. The van der Waals surface area contributed by atoms with Crippen molar-refractivity contribution in [3.63, 3.8) is 0 Å². The Morgan fingerprint density at radius 1 is 0.939 bits per heavy atom. The van der Waals surface area contributed by atoms with Crippen LogP contribution in [0.15, 0.2) is 73.6 Å². The minimum absolute atomic E-state index is 0.223. The average Bonchev–Trinajstić information content (AvgIpc) is 3.40. The molecule has 0 aliphatic carbocycles. The van der Waals surface area contributed by atoms with Gasteiger partial charge in [0.25, 0.3) is 5.91 Å². The number of amides is 1. The molecule has 0 bridgehead atoms. The van der Waals surface area contributed by atoms with Crippen LogP contribution in [0.1, 0.15) is 17.3 Å². The number of rotatable bonds is 5. The molecule has 5 rings (SSSR count). The Labute approximate surface area is 191 Å². The van der Waals surface area contributed by atoms with Crippen LogP contribution in [0.5, 0.6) is 0 Å². The highest BCUT2D eigenvalue weighted by atomic mass is 16.1. The van der Waals surface area contributed by atoms with Gasteiger partial charge in [-0.1, -0.05) is 6.07 Å². The number of nitrogens with one attached hydrogen (secondary N) is 1. The van der Waals surface area contributed by atoms with E-state index in [4.69, 9.17) is 0 Å². The van der Waals surface area contributed by atoms with Crippen LogP contribution in [0, 0.1) is 0 Å². The quantitative estimate of drug-likeness (QED) is 0.503. The van der Waals surface area contributed by atoms with Crippen molar-refractivity contribution in [2.24, 2.45) is 0 Å². The highest BCUT2D eigenvalue weighted by Crippen LogP contribution is 2.20. The summed E-state index contributed by atoms with van der Waals surface area (Å²) < 4.78 is 1.63. The van der Waals surface area contributed by atoms with E-state index in [0.717, 1.165) is 25.5 Å². The van der Waals surface area contributed by atoms with Crippen LogP contribution >= 0.6 is 0 Å². The Hall–Kier alpha value is -4.34. The Kier molecular flexibility index (Phi) is 5.62. The van der Waals surface area contributed by atoms with Gasteiger partial charge in [0.15, 0.2) is 5.82 Å². The maximum Gasteiger partial charge on any atom is 0.257 e. The molecule has 1 fully saturated rings. The molecule has 1 amide bonds. The Bertz CT molecular complexity index is 1200. The molecule has 1 atom stereocenters. The van der Waals surface area contributed by atoms with Crippen LogP contribution in [0.4, 0.5) is 17.5 Å². The molecule has 10 heteroatoms. The van der Waals surface area contributed by atoms with Crippen LogP contribution < -0.4 is 15.1 Å². The van der Waals surface area contributed by atoms with Gasteiger partial charge in [0.2, 0.25) is 5.95 Å². The minimum Gasteiger partial charge on any atom is -0.353 e. The van der Waals surface area contributed by atoms with E-state index in [-0.39, 0.29) is 11.9 Å². The SMILES string of the molecule is C[C@H]1CN(c2ccccn2)CCN1c1ncc(NC(=O)c2ccc(-n3cccn3)nc2)cn1. The van der Waals surface area contributed by atoms with Crippen molar-refractivity contribution in [3.8, 4) is 5.82 Å². The number of hydrogen-bond donors (Lipinski definition) is 1. The van der Waals surface area contributed by atoms with Crippen LogP contribution in [0.2, 0.25) is 0 Å². The van der Waals surface area contributed by atoms with Crippen molar-refractivity contribution in [3.05, 3.63) is 79.1 Å². The molecule has 4 aromatic heterocycles. The molecular formula is C23H23N9O. The van der Waals surface area contributed by atoms with E-state index in [1.165, 1.54) is 6.20 Å². The smallest absolute Gasteiger partial charge is 0.257 e. The predicted molar refractivity (Wildman–Crippen MR) is 125 cm³/mol. The third kappa shape index (κ3) is 4.49. The largest absolute Gasteiger partial charge is 0.353 e. The highest BCUT2D eigenvalue weighted by Gasteiger charge is 2.26. The van der Waals surface area contributed by atoms with Gasteiger partial charge in [-0.05, 0) is 37.3 Å². The number of aromatic nitrogens is 6. The Morgan fingerprint density at radius 3 is 2.48 bits per heavy atom. The lowest BCUT2D eigenvalue weighted by molar-refractivity contribution is 0.102. The third-order valence-electron chi connectivity index (χ3n) is 5.50. The Balaban J connectivity index is 1.20. The second-order valence-electron chi connectivity index (χ2n) is 7.76. The fraction of sp³-hybridized carbons (Fsp3) is 0.217. The average molecular weight is 441 g/mol. The zero-order valence-corrected chi connectivity index (χ0v) is 18.1. The third-order valence-corrected chi connectivity index (χ3v) is 5.50. The van der Waals surface area contributed by atoms with E-state index in [2.05, 4.69) is 47.1 Å². The highest BCUT2D eigenvalue weighted by molar-refractivity contribution is 6.03. The molecule has 0 saturated carbocycles. The lowest BCUT2D eigenvalue weighted by Gasteiger charge is -2.40. The van der Waals surface area contributed by atoms with Gasteiger partial charge in [0.1, 0.15) is 5.82 Å². The summed E-state index contributed by atoms with van der Waals surface area (Å²) in [5, 5.41) is 6.95. The van der Waals surface area contributed by atoms with Gasteiger partial charge in [0.05, 0.1) is 23.6 Å². The molecule has 166 valence electrons. The molecule has 1 saturated heterocycles. The second kappa shape index (κ2) is 9.03. The molecule has 0 spiro atoms. The number of carbonyl (C=O) groups is 1. The van der Waals surface area contributed by atoms with Gasteiger partial charge in [-0.2, -0.15) is 5.10 Å². The van der Waals surface area contributed by atoms with Gasteiger partial charge in [-0.3, -0.25) is 4.79 Å². The van der Waals surface area contributed by atoms with Crippen LogP contribution in [0.3, 0.4) is 0 Å². The van der Waals surface area contributed by atoms with Crippen LogP contribution in [-0.4, -0.2) is 61.3 Å². The molecule has 10 nitrogen and oxygen atoms in total. The van der Waals surface area contributed by atoms with E-state index in [0.29, 0.717) is 23.0 Å². The lowest BCUT2D eigenvalue weighted by Crippen LogP contribution is -2.53. The molecule has 4 aromatic rings. The summed E-state index contributed by atoms with van der Waals surface area (Å²) in [5.74, 6) is 1.99. The van der Waals surface area contributed by atoms with E-state index in [1.807, 2.05) is 30.5 Å². The van der Waals surface area contributed by atoms with Gasteiger partial charge in [0, 0.05) is 50.5 Å². The van der Waals surface area contributed by atoms with Gasteiger partial charge >= 0.3 is 0 Å². The monoisotopic (exact) mass is 441 g/mol. The summed E-state index contributed by atoms with van der Waals surface area (Å²) in [6, 6.07) is 11.4. The van der Waals surface area contributed by atoms with E-state index in [1.54, 1.807) is 41.6 Å². The van der Waals surface area contributed by atoms with Gasteiger partial charge in [-0.25, -0.2) is 24.6 Å². The first kappa shape index (κ1) is 20.6. The number of pyridine rings is 2. The fourth-order valence-corrected chi connectivity index (χ4v) is 3.80. The first-order valence-electron chi connectivity index (χ1n) is 10.7. The predicted octanol–water partition coefficient (Wildman–Crippen LogP) is 2.42. The Morgan fingerprint density at radius 2 is 1.82 bits per heavy atom. The van der Waals surface area contributed by atoms with Crippen LogP contribution in [0.25, 0.3) is 5.82 Å². The van der Waals surface area contributed by atoms with E-state index >= 15 is 0 Å². The molecule has 1 aliphatic heterocycles. The molecule has 1 aliphatic rings. The van der Waals surface area contributed by atoms with Crippen molar-refractivity contribution >= 4 is 23.4 Å². The molecule has 0 unspecified atom stereocenters. The van der Waals surface area contributed by atoms with Crippen molar-refractivity contribution in [2.75, 3.05) is 34.8 Å². The number of piperazine rings is 1. The summed E-state index contributed by atoms with van der Waals surface area (Å²) in [5.41, 5.74) is 0.967. The summed E-state index contributed by atoms with van der Waals surface area (Å²) in [6.45, 7) is 4.61. The van der Waals surface area contributed by atoms with E-state index < -0.39 is 0 Å². The minimum atomic E-state index is -0.275. The first-order chi connectivity index (χ1) is 16.2. The standard InChI is InChI=1S/C23H23N9O/c1-17-16-30(20-5-2-3-8-24-20)11-12-31(17)23-26-14-19(15-27-23)29-22(33)18-6-7-21(25-13-18)32-10-4-9-28-32/h2-10,13-15,17H,11-12,16H2,1H3,(H,29,33)/t17-/m0/s1. The molecule has 5 heterocycles. The number of carbonyl (C=O) groups excluding carboxylic acids is 1. The van der Waals surface area contributed by atoms with Crippen molar-refractivity contribution in [2.45, 2.75) is 13.0 Å². The van der Waals surface area contributed by atoms with Crippen molar-refractivity contribution in [1.82, 2.24) is 29.7 Å². The van der Waals surface area contributed by atoms with E-state index in [9.17, 15) is 4.79 Å². The van der Waals surface area contributed by atoms with Crippen molar-refractivity contribution < 1.29 is 4.79 Å². The summed E-state index contributed by atoms with van der Waals surface area (Å²) in [7, 11) is 0. The summed E-state index contributed by atoms with van der Waals surface area (Å²) >= 11 is 0. The number of anilines is 3. The fourth-order valence-electron chi connectivity index (χ4n) is 3.80. The van der Waals surface area contributed by atoms with Crippen molar-refractivity contribution in [1.29, 1.82) is 0 Å². The number of nitrogens with zero attached hydrogens (tertiary/aromatic N) is 8.